The number of hydrogen-bond donors (Lipinski definition) is 1. The molecule has 0 aliphatic heterocycles. The van der Waals surface area contributed by atoms with E-state index in [1.165, 1.54) is 6.92 Å². The number of carboxylic acid groups (broad SMARTS) is 1. The van der Waals surface area contributed by atoms with Crippen molar-refractivity contribution >= 4 is 12.1 Å². The average Bonchev–Trinajstić information content (AvgIpc) is 1.98. The molecule has 0 spiro atoms. The summed E-state index contributed by atoms with van der Waals surface area (Å²) in [6, 6.07) is -0.523. The van der Waals surface area contributed by atoms with Crippen LogP contribution in [0.2, 0.25) is 0 Å². The van der Waals surface area contributed by atoms with Gasteiger partial charge < -0.3 is 20.0 Å². The van der Waals surface area contributed by atoms with E-state index in [-0.39, 0.29) is 0 Å². The van der Waals surface area contributed by atoms with Crippen molar-refractivity contribution < 1.29 is 19.4 Å². The van der Waals surface area contributed by atoms with Gasteiger partial charge in [0.05, 0.1) is 0 Å². The van der Waals surface area contributed by atoms with Crippen LogP contribution in [0.25, 0.3) is 0 Å². The molecular weight excluding hydrogens is 198 g/mol. The fraction of sp³-hybridized carbons (Fsp3) is 0.800. The lowest BCUT2D eigenvalue weighted by Crippen LogP contribution is -2.46. The highest BCUT2D eigenvalue weighted by atomic mass is 16.6. The number of carbonyl (C=O) groups is 2. The number of amides is 1. The average molecular weight is 216 g/mol. The van der Waals surface area contributed by atoms with Gasteiger partial charge in [-0.3, -0.25) is 0 Å². The van der Waals surface area contributed by atoms with E-state index < -0.39 is 29.6 Å². The zero-order valence-electron chi connectivity index (χ0n) is 9.79. The third-order valence-corrected chi connectivity index (χ3v) is 1.87. The third-order valence-electron chi connectivity index (χ3n) is 1.87. The van der Waals surface area contributed by atoms with Gasteiger partial charge in [0.15, 0.2) is 0 Å². The minimum Gasteiger partial charge on any atom is -0.550 e. The van der Waals surface area contributed by atoms with E-state index in [0.29, 0.717) is 0 Å². The van der Waals surface area contributed by atoms with Gasteiger partial charge in [-0.25, -0.2) is 4.79 Å². The highest BCUT2D eigenvalue weighted by molar-refractivity contribution is 5.71. The maximum atomic E-state index is 11.2. The van der Waals surface area contributed by atoms with Crippen LogP contribution in [0.1, 0.15) is 34.6 Å². The fourth-order valence-corrected chi connectivity index (χ4v) is 0.823. The van der Waals surface area contributed by atoms with Crippen LogP contribution in [-0.2, 0) is 9.53 Å². The van der Waals surface area contributed by atoms with Crippen molar-refractivity contribution in [1.29, 1.82) is 0 Å². The van der Waals surface area contributed by atoms with E-state index >= 15 is 0 Å². The normalized spacial score (nSPS) is 15.3. The summed E-state index contributed by atoms with van der Waals surface area (Å²) >= 11 is 0. The molecule has 0 fully saturated rings. The molecule has 0 bridgehead atoms. The summed E-state index contributed by atoms with van der Waals surface area (Å²) in [4.78, 5) is 21.8. The molecular formula is C10H18NO4-. The zero-order valence-corrected chi connectivity index (χ0v) is 9.79. The fourth-order valence-electron chi connectivity index (χ4n) is 0.823. The van der Waals surface area contributed by atoms with Crippen LogP contribution >= 0.6 is 0 Å². The van der Waals surface area contributed by atoms with E-state index in [2.05, 4.69) is 5.32 Å². The number of alkyl carbamates (subject to hydrolysis) is 1. The maximum Gasteiger partial charge on any atom is 0.407 e. The van der Waals surface area contributed by atoms with Crippen LogP contribution in [0.5, 0.6) is 0 Å². The molecule has 15 heavy (non-hydrogen) atoms. The van der Waals surface area contributed by atoms with Gasteiger partial charge in [0.25, 0.3) is 0 Å². The highest BCUT2D eigenvalue weighted by Gasteiger charge is 2.20. The Kier molecular flexibility index (Phi) is 4.58. The monoisotopic (exact) mass is 216 g/mol. The molecule has 2 atom stereocenters. The lowest BCUT2D eigenvalue weighted by molar-refractivity contribution is -0.311. The first kappa shape index (κ1) is 13.7. The van der Waals surface area contributed by atoms with Crippen molar-refractivity contribution in [2.75, 3.05) is 0 Å². The third kappa shape index (κ3) is 5.93. The van der Waals surface area contributed by atoms with Crippen molar-refractivity contribution in [3.05, 3.63) is 0 Å². The standard InChI is InChI=1S/C10H19NO4/c1-6(8(12)13)7(2)11-9(14)15-10(3,4)5/h6-7H,1-5H3,(H,11,14)(H,12,13)/p-1. The first-order chi connectivity index (χ1) is 6.63. The summed E-state index contributed by atoms with van der Waals surface area (Å²) in [5, 5.41) is 12.9. The first-order valence-corrected chi connectivity index (χ1v) is 4.84. The van der Waals surface area contributed by atoms with Crippen molar-refractivity contribution in [2.24, 2.45) is 5.92 Å². The van der Waals surface area contributed by atoms with E-state index in [1.807, 2.05) is 0 Å². The second-order valence-electron chi connectivity index (χ2n) is 4.54. The van der Waals surface area contributed by atoms with Gasteiger partial charge in [-0.15, -0.1) is 0 Å². The van der Waals surface area contributed by atoms with Gasteiger partial charge in [0.1, 0.15) is 5.60 Å². The van der Waals surface area contributed by atoms with Crippen LogP contribution in [0.15, 0.2) is 0 Å². The van der Waals surface area contributed by atoms with E-state index in [9.17, 15) is 14.7 Å². The molecule has 0 radical (unpaired) electrons. The van der Waals surface area contributed by atoms with Crippen LogP contribution in [0, 0.1) is 5.92 Å². The molecule has 0 aromatic carbocycles. The van der Waals surface area contributed by atoms with Gasteiger partial charge in [-0.1, -0.05) is 6.92 Å². The Bertz CT molecular complexity index is 244. The van der Waals surface area contributed by atoms with Gasteiger partial charge in [0.2, 0.25) is 0 Å². The van der Waals surface area contributed by atoms with Gasteiger partial charge in [0, 0.05) is 17.9 Å². The van der Waals surface area contributed by atoms with E-state index in [0.717, 1.165) is 0 Å². The molecule has 0 aromatic rings. The Hall–Kier alpha value is -1.26. The van der Waals surface area contributed by atoms with Gasteiger partial charge >= 0.3 is 6.09 Å². The number of carboxylic acids is 1. The van der Waals surface area contributed by atoms with Crippen molar-refractivity contribution in [3.63, 3.8) is 0 Å². The maximum absolute atomic E-state index is 11.2. The summed E-state index contributed by atoms with van der Waals surface area (Å²) in [7, 11) is 0. The van der Waals surface area contributed by atoms with Crippen LogP contribution in [-0.4, -0.2) is 23.7 Å². The molecule has 1 amide bonds. The Balaban J connectivity index is 4.13. The lowest BCUT2D eigenvalue weighted by atomic mass is 10.0. The molecule has 0 rings (SSSR count). The molecule has 0 saturated carbocycles. The summed E-state index contributed by atoms with van der Waals surface area (Å²) < 4.78 is 4.97. The number of aliphatic carboxylic acids is 1. The smallest absolute Gasteiger partial charge is 0.407 e. The Labute approximate surface area is 89.8 Å². The minimum absolute atomic E-state index is 0.523. The number of carbonyl (C=O) groups excluding carboxylic acids is 2. The number of nitrogens with one attached hydrogen (secondary N) is 1. The van der Waals surface area contributed by atoms with Crippen LogP contribution in [0.3, 0.4) is 0 Å². The van der Waals surface area contributed by atoms with Gasteiger partial charge in [-0.05, 0) is 27.7 Å². The molecule has 5 nitrogen and oxygen atoms in total. The Morgan fingerprint density at radius 3 is 2.07 bits per heavy atom. The number of hydrogen-bond acceptors (Lipinski definition) is 4. The Morgan fingerprint density at radius 2 is 1.73 bits per heavy atom. The molecule has 0 aromatic heterocycles. The molecule has 1 N–H and O–H groups in total. The minimum atomic E-state index is -1.20. The number of ether oxygens (including phenoxy) is 1. The van der Waals surface area contributed by atoms with Crippen LogP contribution < -0.4 is 10.4 Å². The summed E-state index contributed by atoms with van der Waals surface area (Å²) in [6.45, 7) is 8.26. The van der Waals surface area contributed by atoms with Crippen molar-refractivity contribution in [1.82, 2.24) is 5.32 Å². The molecule has 0 aliphatic rings. The summed E-state index contributed by atoms with van der Waals surface area (Å²) in [5.41, 5.74) is -0.589. The van der Waals surface area contributed by atoms with E-state index in [4.69, 9.17) is 4.74 Å². The summed E-state index contributed by atoms with van der Waals surface area (Å²) in [6.07, 6.45) is -0.622. The topological polar surface area (TPSA) is 78.5 Å². The SMILES string of the molecule is CC(NC(=O)OC(C)(C)C)C(C)C(=O)[O-]. The summed E-state index contributed by atoms with van der Waals surface area (Å²) in [5.74, 6) is -1.95. The number of rotatable bonds is 3. The lowest BCUT2D eigenvalue weighted by Gasteiger charge is -2.25. The predicted octanol–water partition coefficient (Wildman–Crippen LogP) is 0.286. The first-order valence-electron chi connectivity index (χ1n) is 4.84. The van der Waals surface area contributed by atoms with Gasteiger partial charge in [-0.2, -0.15) is 0 Å². The molecule has 5 heteroatoms. The quantitative estimate of drug-likeness (QED) is 0.735. The zero-order chi connectivity index (χ0) is 12.2. The second-order valence-corrected chi connectivity index (χ2v) is 4.54. The molecule has 0 heterocycles. The van der Waals surface area contributed by atoms with Crippen LogP contribution in [0.4, 0.5) is 4.79 Å². The predicted molar refractivity (Wildman–Crippen MR) is 53.0 cm³/mol. The molecule has 88 valence electrons. The largest absolute Gasteiger partial charge is 0.550 e. The van der Waals surface area contributed by atoms with Crippen molar-refractivity contribution in [3.8, 4) is 0 Å². The Morgan fingerprint density at radius 1 is 1.27 bits per heavy atom. The second kappa shape index (κ2) is 5.00. The van der Waals surface area contributed by atoms with Crippen molar-refractivity contribution in [2.45, 2.75) is 46.3 Å². The highest BCUT2D eigenvalue weighted by Crippen LogP contribution is 2.08. The molecule has 0 aliphatic carbocycles. The molecule has 2 unspecified atom stereocenters. The van der Waals surface area contributed by atoms with E-state index in [1.54, 1.807) is 27.7 Å². The molecule has 0 saturated heterocycles.